The molecule has 0 radical (unpaired) electrons. The van der Waals surface area contributed by atoms with Crippen LogP contribution in [0.3, 0.4) is 0 Å². The van der Waals surface area contributed by atoms with Crippen molar-refractivity contribution in [2.24, 2.45) is 12.2 Å². The third-order valence-electron chi connectivity index (χ3n) is 5.45. The van der Waals surface area contributed by atoms with Crippen molar-refractivity contribution >= 4 is 6.21 Å². The van der Waals surface area contributed by atoms with E-state index in [9.17, 15) is 0 Å². The molecule has 2 aromatic rings. The van der Waals surface area contributed by atoms with Crippen molar-refractivity contribution in [3.63, 3.8) is 0 Å². The number of ether oxygens (including phenoxy) is 3. The fourth-order valence-electron chi connectivity index (χ4n) is 3.68. The van der Waals surface area contributed by atoms with Gasteiger partial charge in [-0.1, -0.05) is 49.4 Å². The highest BCUT2D eigenvalue weighted by molar-refractivity contribution is 5.76. The van der Waals surface area contributed by atoms with E-state index < -0.39 is 0 Å². The minimum Gasteiger partial charge on any atom is -0.493 e. The quantitative estimate of drug-likeness (QED) is 0.120. The van der Waals surface area contributed by atoms with E-state index in [4.69, 9.17) is 14.2 Å². The van der Waals surface area contributed by atoms with Gasteiger partial charge in [0, 0.05) is 13.1 Å². The van der Waals surface area contributed by atoms with Gasteiger partial charge in [0.1, 0.15) is 30.9 Å². The molecule has 0 N–H and O–H groups in total. The molecule has 34 heavy (non-hydrogen) atoms. The molecule has 0 unspecified atom stereocenters. The number of hydrogen-bond acceptors (Lipinski definition) is 6. The Balaban J connectivity index is 1.52. The molecule has 0 fully saturated rings. The first-order chi connectivity index (χ1) is 16.5. The molecule has 1 aromatic heterocycles. The normalized spacial score (nSPS) is 11.4. The van der Waals surface area contributed by atoms with E-state index in [0.29, 0.717) is 13.2 Å². The zero-order chi connectivity index (χ0) is 24.6. The van der Waals surface area contributed by atoms with Crippen molar-refractivity contribution < 1.29 is 19.0 Å². The number of unbranched alkanes of at least 4 members (excludes halogenated alkanes) is 6. The Kier molecular flexibility index (Phi) is 12.7. The standard InChI is InChI=1S/C27H41N3O4/c1-6-7-15-32-25-18-22(2)27(23(3)19-25)34-17-14-12-10-8-9-11-13-16-33-26-20-24(21-28-31-5)29-30(26)4/h6-7,18-21H,8-17H2,1-5H3/b7-6+,28-21+. The third kappa shape index (κ3) is 9.89. The van der Waals surface area contributed by atoms with Gasteiger partial charge in [-0.2, -0.15) is 5.10 Å². The van der Waals surface area contributed by atoms with Crippen LogP contribution in [-0.4, -0.2) is 42.9 Å². The molecule has 0 bridgehead atoms. The average Bonchev–Trinajstić information content (AvgIpc) is 3.16. The summed E-state index contributed by atoms with van der Waals surface area (Å²) < 4.78 is 19.4. The van der Waals surface area contributed by atoms with Gasteiger partial charge in [0.05, 0.1) is 19.4 Å². The average molecular weight is 472 g/mol. The van der Waals surface area contributed by atoms with Crippen LogP contribution in [0.25, 0.3) is 0 Å². The van der Waals surface area contributed by atoms with Crippen LogP contribution in [0.4, 0.5) is 0 Å². The zero-order valence-electron chi connectivity index (χ0n) is 21.5. The van der Waals surface area contributed by atoms with Crippen LogP contribution in [0, 0.1) is 13.8 Å². The molecular formula is C27H41N3O4. The summed E-state index contributed by atoms with van der Waals surface area (Å²) in [5.41, 5.74) is 2.98. The van der Waals surface area contributed by atoms with Crippen LogP contribution < -0.4 is 14.2 Å². The summed E-state index contributed by atoms with van der Waals surface area (Å²) in [6.45, 7) is 8.21. The molecule has 188 valence electrons. The highest BCUT2D eigenvalue weighted by atomic mass is 16.6. The minimum absolute atomic E-state index is 0.596. The van der Waals surface area contributed by atoms with Crippen molar-refractivity contribution in [3.05, 3.63) is 47.2 Å². The Hall–Kier alpha value is -2.96. The fraction of sp³-hybridized carbons (Fsp3) is 0.556. The Bertz CT molecular complexity index is 882. The Morgan fingerprint density at radius 2 is 1.50 bits per heavy atom. The smallest absolute Gasteiger partial charge is 0.212 e. The highest BCUT2D eigenvalue weighted by Gasteiger charge is 2.07. The number of nitrogens with zero attached hydrogens (tertiary/aromatic N) is 3. The van der Waals surface area contributed by atoms with E-state index >= 15 is 0 Å². The minimum atomic E-state index is 0.596. The lowest BCUT2D eigenvalue weighted by Gasteiger charge is -2.14. The van der Waals surface area contributed by atoms with Gasteiger partial charge in [-0.05, 0) is 56.9 Å². The maximum atomic E-state index is 6.07. The molecule has 7 nitrogen and oxygen atoms in total. The van der Waals surface area contributed by atoms with E-state index in [0.717, 1.165) is 53.6 Å². The summed E-state index contributed by atoms with van der Waals surface area (Å²) in [6, 6.07) is 5.97. The number of rotatable bonds is 17. The lowest BCUT2D eigenvalue weighted by molar-refractivity contribution is 0.215. The van der Waals surface area contributed by atoms with Crippen LogP contribution in [0.15, 0.2) is 35.5 Å². The first-order valence-corrected chi connectivity index (χ1v) is 12.3. The van der Waals surface area contributed by atoms with Gasteiger partial charge in [0.25, 0.3) is 0 Å². The van der Waals surface area contributed by atoms with Crippen LogP contribution in [0.1, 0.15) is 68.7 Å². The number of allylic oxidation sites excluding steroid dienone is 1. The van der Waals surface area contributed by atoms with Crippen molar-refractivity contribution in [1.82, 2.24) is 9.78 Å². The number of aryl methyl sites for hydroxylation is 3. The maximum absolute atomic E-state index is 6.07. The Labute approximate surface area is 204 Å². The van der Waals surface area contributed by atoms with Gasteiger partial charge in [-0.25, -0.2) is 4.68 Å². The first kappa shape index (κ1) is 27.3. The lowest BCUT2D eigenvalue weighted by Crippen LogP contribution is -2.02. The van der Waals surface area contributed by atoms with Crippen molar-refractivity contribution in [2.45, 2.75) is 65.7 Å². The van der Waals surface area contributed by atoms with Crippen LogP contribution in [0.2, 0.25) is 0 Å². The molecule has 0 saturated heterocycles. The van der Waals surface area contributed by atoms with Crippen molar-refractivity contribution in [3.8, 4) is 17.4 Å². The molecule has 1 heterocycles. The van der Waals surface area contributed by atoms with E-state index in [-0.39, 0.29) is 0 Å². The molecule has 0 aliphatic heterocycles. The van der Waals surface area contributed by atoms with Crippen LogP contribution >= 0.6 is 0 Å². The van der Waals surface area contributed by atoms with E-state index in [1.807, 2.05) is 32.2 Å². The monoisotopic (exact) mass is 471 g/mol. The second-order valence-electron chi connectivity index (χ2n) is 8.39. The van der Waals surface area contributed by atoms with E-state index in [2.05, 4.69) is 41.1 Å². The second-order valence-corrected chi connectivity index (χ2v) is 8.39. The molecule has 0 aliphatic carbocycles. The topological polar surface area (TPSA) is 67.1 Å². The fourth-order valence-corrected chi connectivity index (χ4v) is 3.68. The van der Waals surface area contributed by atoms with Gasteiger partial charge >= 0.3 is 0 Å². The largest absolute Gasteiger partial charge is 0.493 e. The SMILES string of the molecule is C/C=C/COc1cc(C)c(OCCCCCCCCCOc2cc(/C=N/OC)nn2C)c(C)c1. The molecule has 0 amide bonds. The van der Waals surface area contributed by atoms with E-state index in [1.165, 1.54) is 39.2 Å². The molecule has 0 spiro atoms. The first-order valence-electron chi connectivity index (χ1n) is 12.3. The highest BCUT2D eigenvalue weighted by Crippen LogP contribution is 2.28. The summed E-state index contributed by atoms with van der Waals surface area (Å²) in [5, 5.41) is 8.02. The third-order valence-corrected chi connectivity index (χ3v) is 5.45. The lowest BCUT2D eigenvalue weighted by atomic mass is 10.1. The molecule has 0 saturated carbocycles. The number of benzene rings is 1. The Morgan fingerprint density at radius 1 is 0.882 bits per heavy atom. The number of hydrogen-bond donors (Lipinski definition) is 0. The predicted molar refractivity (Wildman–Crippen MR) is 137 cm³/mol. The summed E-state index contributed by atoms with van der Waals surface area (Å²) in [5.74, 6) is 2.64. The van der Waals surface area contributed by atoms with Crippen molar-refractivity contribution in [2.75, 3.05) is 26.9 Å². The summed E-state index contributed by atoms with van der Waals surface area (Å²) >= 11 is 0. The summed E-state index contributed by atoms with van der Waals surface area (Å²) in [7, 11) is 3.37. The molecule has 0 atom stereocenters. The summed E-state index contributed by atoms with van der Waals surface area (Å²) in [6.07, 6.45) is 13.8. The van der Waals surface area contributed by atoms with Gasteiger partial charge in [0.2, 0.25) is 5.88 Å². The molecule has 7 heteroatoms. The predicted octanol–water partition coefficient (Wildman–Crippen LogP) is 6.16. The number of aromatic nitrogens is 2. The van der Waals surface area contributed by atoms with Crippen molar-refractivity contribution in [1.29, 1.82) is 0 Å². The van der Waals surface area contributed by atoms with Gasteiger partial charge in [-0.3, -0.25) is 0 Å². The van der Waals surface area contributed by atoms with Gasteiger partial charge in [-0.15, -0.1) is 0 Å². The molecule has 2 rings (SSSR count). The van der Waals surface area contributed by atoms with Crippen LogP contribution in [0.5, 0.6) is 17.4 Å². The maximum Gasteiger partial charge on any atom is 0.212 e. The second kappa shape index (κ2) is 15.8. The van der Waals surface area contributed by atoms with E-state index in [1.54, 1.807) is 10.9 Å². The molecular weight excluding hydrogens is 430 g/mol. The van der Waals surface area contributed by atoms with Crippen LogP contribution in [-0.2, 0) is 11.9 Å². The molecule has 1 aromatic carbocycles. The molecule has 0 aliphatic rings. The van der Waals surface area contributed by atoms with Gasteiger partial charge in [0.15, 0.2) is 0 Å². The zero-order valence-corrected chi connectivity index (χ0v) is 21.5. The number of oxime groups is 1. The Morgan fingerprint density at radius 3 is 2.12 bits per heavy atom. The van der Waals surface area contributed by atoms with Gasteiger partial charge < -0.3 is 19.0 Å². The summed E-state index contributed by atoms with van der Waals surface area (Å²) in [4.78, 5) is 4.68.